The lowest BCUT2D eigenvalue weighted by atomic mass is 9.78. The molecule has 22 heteroatoms. The summed E-state index contributed by atoms with van der Waals surface area (Å²) in [5.74, 6) is -8.84. The number of amides is 2. The largest absolute Gasteiger partial charge is 0.460 e. The summed E-state index contributed by atoms with van der Waals surface area (Å²) in [6.45, 7) is 15.9. The highest BCUT2D eigenvalue weighted by Gasteiger charge is 2.53. The Morgan fingerprint density at radius 3 is 2.20 bits per heavy atom. The zero-order chi connectivity index (χ0) is 63.0. The second-order valence-corrected chi connectivity index (χ2v) is 23.7. The Balaban J connectivity index is 0.000000674. The fourth-order valence-electron chi connectivity index (χ4n) is 11.4. The maximum absolute atomic E-state index is 14.4. The van der Waals surface area contributed by atoms with E-state index in [0.29, 0.717) is 69.4 Å². The molecule has 0 aromatic heterocycles. The molecule has 1 aliphatic carbocycles. The Bertz CT molecular complexity index is 2570. The van der Waals surface area contributed by atoms with Crippen molar-refractivity contribution >= 4 is 46.5 Å². The minimum absolute atomic E-state index is 0.0193. The van der Waals surface area contributed by atoms with Crippen molar-refractivity contribution in [3.8, 4) is 0 Å². The number of methoxy groups -OCH3 is 3. The molecule has 470 valence electrons. The van der Waals surface area contributed by atoms with Crippen LogP contribution in [0.1, 0.15) is 145 Å². The number of piperidine rings is 1. The first kappa shape index (κ1) is 71.0. The van der Waals surface area contributed by atoms with Gasteiger partial charge in [-0.2, -0.15) is 13.2 Å². The second kappa shape index (κ2) is 32.3. The van der Waals surface area contributed by atoms with Crippen molar-refractivity contribution in [2.45, 2.75) is 200 Å². The summed E-state index contributed by atoms with van der Waals surface area (Å²) in [7, 11) is 4.52. The second-order valence-electron chi connectivity index (χ2n) is 23.7. The highest BCUT2D eigenvalue weighted by atomic mass is 19.4. The maximum Gasteiger partial charge on any atom is 0.423 e. The molecule has 15 atom stereocenters. The summed E-state index contributed by atoms with van der Waals surface area (Å²) in [6.07, 6.45) is 6.32. The van der Waals surface area contributed by atoms with E-state index in [2.05, 4.69) is 5.32 Å². The molecule has 19 nitrogen and oxygen atoms in total. The van der Waals surface area contributed by atoms with Crippen LogP contribution in [0.4, 0.5) is 24.5 Å². The van der Waals surface area contributed by atoms with Crippen LogP contribution in [0, 0.1) is 51.5 Å². The number of ketones is 3. The van der Waals surface area contributed by atoms with Crippen LogP contribution in [-0.2, 0) is 58.6 Å². The van der Waals surface area contributed by atoms with Crippen LogP contribution in [0.25, 0.3) is 0 Å². The molecule has 2 amide bonds. The number of halogens is 3. The zero-order valence-corrected chi connectivity index (χ0v) is 50.7. The van der Waals surface area contributed by atoms with Gasteiger partial charge >= 0.3 is 12.1 Å². The molecule has 0 spiro atoms. The van der Waals surface area contributed by atoms with Crippen LogP contribution in [0.3, 0.4) is 0 Å². The Morgan fingerprint density at radius 1 is 0.893 bits per heavy atom. The SMILES string of the molecule is CC(C)C(=O)Nc1ccc([N+](=O)[O-])c(C(F)(F)F)c1.CO[C@H]1C[C@@H]2CC[C@@H](C)[C@@](O)(O2)C(=O)C(=O)N2CCCC[C@H]2C(=O)O[C@H]([C@H](C)C[C@@H]2CC[C@@H](O)[C@H](OC)C2)CC(=O)[C@H](C)/C=C(\C)[C@@H](O)[C@@H](OC)C(=O)[C@H](C)C[C@H](C)/C=C/C=CC=C1C. The fourth-order valence-corrected chi connectivity index (χ4v) is 11.4. The van der Waals surface area contributed by atoms with E-state index in [1.807, 2.05) is 58.1 Å². The van der Waals surface area contributed by atoms with Gasteiger partial charge in [-0.05, 0) is 119 Å². The van der Waals surface area contributed by atoms with Crippen LogP contribution in [0.5, 0.6) is 0 Å². The van der Waals surface area contributed by atoms with Crippen molar-refractivity contribution in [2.24, 2.45) is 41.4 Å². The van der Waals surface area contributed by atoms with Gasteiger partial charge in [-0.3, -0.25) is 34.1 Å². The lowest BCUT2D eigenvalue weighted by Crippen LogP contribution is -2.61. The number of carbonyl (C=O) groups is 6. The molecule has 2 saturated heterocycles. The third-order valence-corrected chi connectivity index (χ3v) is 16.8. The van der Waals surface area contributed by atoms with Gasteiger partial charge < -0.3 is 49.2 Å². The number of esters is 1. The molecular weight excluding hydrogens is 1100 g/mol. The van der Waals surface area contributed by atoms with Crippen molar-refractivity contribution in [2.75, 3.05) is 33.2 Å². The molecular formula is C62H90F3N3O16. The van der Waals surface area contributed by atoms with Gasteiger partial charge in [0.1, 0.15) is 35.7 Å². The number of alkyl halides is 3. The first-order valence-electron chi connectivity index (χ1n) is 29.2. The first-order chi connectivity index (χ1) is 39.4. The lowest BCUT2D eigenvalue weighted by Gasteiger charge is -2.42. The third-order valence-electron chi connectivity index (χ3n) is 16.8. The number of benzene rings is 1. The van der Waals surface area contributed by atoms with Gasteiger partial charge in [0.05, 0.1) is 29.3 Å². The first-order valence-corrected chi connectivity index (χ1v) is 29.2. The number of ether oxygens (including phenoxy) is 5. The quantitative estimate of drug-likeness (QED) is 0.0589. The number of fused-ring (bicyclic) bond motifs is 3. The number of aliphatic hydroxyl groups is 3. The number of aliphatic hydroxyl groups excluding tert-OH is 2. The summed E-state index contributed by atoms with van der Waals surface area (Å²) in [4.78, 5) is 92.6. The van der Waals surface area contributed by atoms with E-state index < -0.39 is 118 Å². The Hall–Kier alpha value is -5.49. The molecule has 84 heavy (non-hydrogen) atoms. The fraction of sp³-hybridized carbons (Fsp3) is 0.677. The number of nitrogens with zero attached hydrogens (tertiary/aromatic N) is 2. The molecule has 5 rings (SSSR count). The van der Waals surface area contributed by atoms with Gasteiger partial charge in [0.25, 0.3) is 17.4 Å². The predicted molar refractivity (Wildman–Crippen MR) is 307 cm³/mol. The summed E-state index contributed by atoms with van der Waals surface area (Å²) in [5.41, 5.74) is -1.30. The highest BCUT2D eigenvalue weighted by molar-refractivity contribution is 6.39. The molecule has 4 N–H and O–H groups in total. The predicted octanol–water partition coefficient (Wildman–Crippen LogP) is 9.39. The number of rotatable bonds is 9. The Morgan fingerprint density at radius 2 is 1.58 bits per heavy atom. The number of nitro benzene ring substituents is 1. The van der Waals surface area contributed by atoms with Crippen molar-refractivity contribution < 1.29 is 85.9 Å². The summed E-state index contributed by atoms with van der Waals surface area (Å²) >= 11 is 0. The molecule has 1 aromatic rings. The number of nitro groups is 1. The molecule has 3 fully saturated rings. The Labute approximate surface area is 491 Å². The van der Waals surface area contributed by atoms with Crippen LogP contribution >= 0.6 is 0 Å². The molecule has 4 aliphatic rings. The number of hydrogen-bond acceptors (Lipinski definition) is 16. The van der Waals surface area contributed by atoms with Crippen LogP contribution in [0.2, 0.25) is 0 Å². The van der Waals surface area contributed by atoms with Crippen molar-refractivity contribution in [1.29, 1.82) is 0 Å². The van der Waals surface area contributed by atoms with Gasteiger partial charge in [0.2, 0.25) is 11.7 Å². The number of nitrogens with one attached hydrogen (secondary N) is 1. The summed E-state index contributed by atoms with van der Waals surface area (Å²) in [5, 5.41) is 46.6. The van der Waals surface area contributed by atoms with Gasteiger partial charge in [-0.15, -0.1) is 0 Å². The topological polar surface area (TPSA) is 268 Å². The highest BCUT2D eigenvalue weighted by Crippen LogP contribution is 2.40. The van der Waals surface area contributed by atoms with Crippen molar-refractivity contribution in [3.63, 3.8) is 0 Å². The lowest BCUT2D eigenvalue weighted by molar-refractivity contribution is -0.388. The van der Waals surface area contributed by atoms with E-state index in [4.69, 9.17) is 23.7 Å². The number of Topliss-reactive ketones (excluding diaryl/α,β-unsaturated/α-hetero) is 3. The van der Waals surface area contributed by atoms with Crippen LogP contribution in [-0.4, -0.2) is 143 Å². The molecule has 2 bridgehead atoms. The van der Waals surface area contributed by atoms with E-state index in [1.54, 1.807) is 54.9 Å². The monoisotopic (exact) mass is 1190 g/mol. The Kier molecular flexibility index (Phi) is 27.3. The average molecular weight is 1190 g/mol. The zero-order valence-electron chi connectivity index (χ0n) is 50.7. The number of anilines is 1. The molecule has 0 unspecified atom stereocenters. The average Bonchev–Trinajstić information content (AvgIpc) is 1.86. The summed E-state index contributed by atoms with van der Waals surface area (Å²) < 4.78 is 67.4. The number of hydrogen-bond donors (Lipinski definition) is 4. The minimum atomic E-state index is -4.86. The molecule has 1 aromatic carbocycles. The molecule has 3 heterocycles. The van der Waals surface area contributed by atoms with E-state index in [0.717, 1.165) is 24.1 Å². The normalized spacial score (nSPS) is 32.9. The number of cyclic esters (lactones) is 1. The number of allylic oxidation sites excluding steroid dienone is 6. The van der Waals surface area contributed by atoms with E-state index in [9.17, 15) is 67.4 Å². The van der Waals surface area contributed by atoms with Crippen LogP contribution in [0.15, 0.2) is 65.8 Å². The standard InChI is InChI=1S/C51H79NO13.C11H11F3N2O3/c1-30-16-12-11-13-17-31(2)42(61-8)28-38-21-19-36(7)51(60,65-38)48(57)49(58)52-23-15-14-18-39(52)50(59)64-43(33(4)26-37-20-22-40(53)44(27-37)62-9)29-41(54)32(3)25-35(6)46(56)47(63-10)45(55)34(5)24-30;1-6(2)10(17)15-7-3-4-9(16(18)19)8(5-7)11(12,13)14/h11-13,16-17,25,30,32-34,36-40,42-44,46-47,53,56,60H,14-15,18-24,26-29H2,1-10H3;3-6H,1-2H3,(H,15,17)/b13-11?,16-12+,31-17?,35-25+;/t30-,32-,33-,34-,36-,37+,38+,39+,40-,42+,43+,44-,46-,47+,51-;/m1./s1. The van der Waals surface area contributed by atoms with E-state index in [1.165, 1.54) is 12.0 Å². The van der Waals surface area contributed by atoms with E-state index >= 15 is 0 Å². The van der Waals surface area contributed by atoms with Gasteiger partial charge in [0.15, 0.2) is 5.78 Å². The van der Waals surface area contributed by atoms with Gasteiger partial charge in [-0.1, -0.05) is 84.9 Å². The van der Waals surface area contributed by atoms with E-state index in [-0.39, 0.29) is 60.5 Å². The minimum Gasteiger partial charge on any atom is -0.460 e. The van der Waals surface area contributed by atoms with Gasteiger partial charge in [0, 0.05) is 76.1 Å². The van der Waals surface area contributed by atoms with Crippen LogP contribution < -0.4 is 5.32 Å². The summed E-state index contributed by atoms with van der Waals surface area (Å²) in [6, 6.07) is 1.20. The molecule has 0 radical (unpaired) electrons. The number of carbonyl (C=O) groups excluding carboxylic acids is 6. The molecule has 1 saturated carbocycles. The molecule has 3 aliphatic heterocycles. The van der Waals surface area contributed by atoms with Crippen molar-refractivity contribution in [3.05, 3.63) is 81.5 Å². The smallest absolute Gasteiger partial charge is 0.423 e. The van der Waals surface area contributed by atoms with Gasteiger partial charge in [-0.25, -0.2) is 4.79 Å². The van der Waals surface area contributed by atoms with Crippen molar-refractivity contribution in [1.82, 2.24) is 4.90 Å². The third kappa shape index (κ3) is 19.5. The maximum atomic E-state index is 14.4.